The Labute approximate surface area is 202 Å². The average molecular weight is 482 g/mol. The fourth-order valence-corrected chi connectivity index (χ4v) is 2.99. The quantitative estimate of drug-likeness (QED) is 0.327. The summed E-state index contributed by atoms with van der Waals surface area (Å²) in [6.07, 6.45) is 1.48. The summed E-state index contributed by atoms with van der Waals surface area (Å²) < 4.78 is 16.4. The Morgan fingerprint density at radius 1 is 1.00 bits per heavy atom. The number of carbonyl (C=O) groups is 2. The van der Waals surface area contributed by atoms with Gasteiger partial charge in [-0.3, -0.25) is 9.59 Å². The van der Waals surface area contributed by atoms with Crippen molar-refractivity contribution in [3.05, 3.63) is 82.9 Å². The van der Waals surface area contributed by atoms with Crippen molar-refractivity contribution in [2.45, 2.75) is 6.92 Å². The first-order valence-electron chi connectivity index (χ1n) is 10.4. The normalized spacial score (nSPS) is 10.6. The van der Waals surface area contributed by atoms with Crippen LogP contribution in [0.1, 0.15) is 22.8 Å². The lowest BCUT2D eigenvalue weighted by Crippen LogP contribution is -2.20. The van der Waals surface area contributed by atoms with Crippen LogP contribution in [0.25, 0.3) is 0 Å². The molecule has 0 heterocycles. The van der Waals surface area contributed by atoms with E-state index in [9.17, 15) is 9.59 Å². The number of hydrogen-bond donors (Lipinski definition) is 2. The molecule has 8 nitrogen and oxygen atoms in total. The minimum atomic E-state index is -0.369. The lowest BCUT2D eigenvalue weighted by atomic mass is 10.2. The Bertz CT molecular complexity index is 1170. The summed E-state index contributed by atoms with van der Waals surface area (Å²) in [5.41, 5.74) is 4.19. The predicted octanol–water partition coefficient (Wildman–Crippen LogP) is 4.53. The number of nitrogens with zero attached hydrogens (tertiary/aromatic N) is 1. The van der Waals surface area contributed by atoms with Gasteiger partial charge < -0.3 is 19.5 Å². The molecule has 3 rings (SSSR count). The first-order chi connectivity index (χ1) is 16.5. The van der Waals surface area contributed by atoms with E-state index in [1.54, 1.807) is 66.7 Å². The number of nitrogens with one attached hydrogen (secondary N) is 2. The number of hydrogen-bond acceptors (Lipinski definition) is 6. The van der Waals surface area contributed by atoms with Crippen LogP contribution in [-0.4, -0.2) is 38.4 Å². The maximum absolute atomic E-state index is 12.3. The Hall–Kier alpha value is -4.04. The molecule has 3 aromatic rings. The van der Waals surface area contributed by atoms with E-state index >= 15 is 0 Å². The van der Waals surface area contributed by atoms with Gasteiger partial charge in [0.05, 0.1) is 19.9 Å². The summed E-state index contributed by atoms with van der Waals surface area (Å²) in [5, 5.41) is 7.31. The number of benzene rings is 3. The molecule has 0 aliphatic heterocycles. The molecule has 0 aliphatic carbocycles. The van der Waals surface area contributed by atoms with Crippen LogP contribution in [0.2, 0.25) is 5.02 Å². The Kier molecular flexibility index (Phi) is 8.88. The molecular weight excluding hydrogens is 458 g/mol. The molecule has 0 bridgehead atoms. The largest absolute Gasteiger partial charge is 0.497 e. The van der Waals surface area contributed by atoms with Crippen molar-refractivity contribution in [1.82, 2.24) is 5.43 Å². The second kappa shape index (κ2) is 12.3. The number of hydrazone groups is 1. The summed E-state index contributed by atoms with van der Waals surface area (Å²) in [6.45, 7) is 2.04. The van der Waals surface area contributed by atoms with Crippen molar-refractivity contribution in [2.24, 2.45) is 5.10 Å². The highest BCUT2D eigenvalue weighted by molar-refractivity contribution is 6.30. The number of carbonyl (C=O) groups excluding carboxylic acids is 2. The molecule has 3 aromatic carbocycles. The third kappa shape index (κ3) is 7.25. The number of amides is 2. The summed E-state index contributed by atoms with van der Waals surface area (Å²) in [4.78, 5) is 24.4. The maximum atomic E-state index is 12.3. The molecule has 0 radical (unpaired) electrons. The summed E-state index contributed by atoms with van der Waals surface area (Å²) in [6, 6.07) is 18.6. The monoisotopic (exact) mass is 481 g/mol. The Balaban J connectivity index is 1.59. The van der Waals surface area contributed by atoms with Crippen molar-refractivity contribution in [1.29, 1.82) is 0 Å². The van der Waals surface area contributed by atoms with Crippen LogP contribution < -0.4 is 25.0 Å². The van der Waals surface area contributed by atoms with Crippen molar-refractivity contribution >= 4 is 35.3 Å². The highest BCUT2D eigenvalue weighted by Gasteiger charge is 2.10. The zero-order chi connectivity index (χ0) is 24.3. The summed E-state index contributed by atoms with van der Waals surface area (Å²) in [7, 11) is 1.53. The van der Waals surface area contributed by atoms with Crippen molar-refractivity contribution in [3.8, 4) is 17.2 Å². The third-order valence-electron chi connectivity index (χ3n) is 4.47. The number of methoxy groups -OCH3 is 1. The lowest BCUT2D eigenvalue weighted by molar-refractivity contribution is -0.118. The van der Waals surface area contributed by atoms with Crippen LogP contribution >= 0.6 is 11.6 Å². The van der Waals surface area contributed by atoms with Crippen molar-refractivity contribution < 1.29 is 23.8 Å². The van der Waals surface area contributed by atoms with E-state index in [1.807, 2.05) is 6.92 Å². The molecule has 176 valence electrons. The van der Waals surface area contributed by atoms with Gasteiger partial charge in [-0.15, -0.1) is 0 Å². The van der Waals surface area contributed by atoms with E-state index in [0.29, 0.717) is 45.7 Å². The Morgan fingerprint density at radius 3 is 2.53 bits per heavy atom. The van der Waals surface area contributed by atoms with Crippen molar-refractivity contribution in [3.63, 3.8) is 0 Å². The molecule has 0 fully saturated rings. The van der Waals surface area contributed by atoms with E-state index in [-0.39, 0.29) is 18.4 Å². The molecular formula is C25H24ClN3O5. The zero-order valence-electron chi connectivity index (χ0n) is 18.7. The fraction of sp³-hybridized carbons (Fsp3) is 0.160. The zero-order valence-corrected chi connectivity index (χ0v) is 19.5. The van der Waals surface area contributed by atoms with Gasteiger partial charge in [0.1, 0.15) is 5.75 Å². The van der Waals surface area contributed by atoms with Gasteiger partial charge >= 0.3 is 0 Å². The minimum Gasteiger partial charge on any atom is -0.497 e. The molecule has 2 N–H and O–H groups in total. The number of anilines is 1. The van der Waals surface area contributed by atoms with Crippen LogP contribution in [0.3, 0.4) is 0 Å². The first kappa shape index (κ1) is 24.6. The van der Waals surface area contributed by atoms with E-state index < -0.39 is 0 Å². The molecule has 0 saturated carbocycles. The highest BCUT2D eigenvalue weighted by Crippen LogP contribution is 2.28. The van der Waals surface area contributed by atoms with E-state index in [4.69, 9.17) is 25.8 Å². The van der Waals surface area contributed by atoms with Crippen LogP contribution in [0, 0.1) is 0 Å². The van der Waals surface area contributed by atoms with Crippen LogP contribution in [0.5, 0.6) is 17.2 Å². The molecule has 0 spiro atoms. The molecule has 0 aliphatic rings. The van der Waals surface area contributed by atoms with Crippen LogP contribution in [0.4, 0.5) is 5.69 Å². The SMILES string of the molecule is CCOc1cc(/C=N/NC(=O)c2cccc(OC)c2)ccc1OCC(=O)Nc1ccc(Cl)cc1. The number of rotatable bonds is 10. The molecule has 0 unspecified atom stereocenters. The van der Waals surface area contributed by atoms with Gasteiger partial charge in [-0.2, -0.15) is 5.10 Å². The first-order valence-corrected chi connectivity index (χ1v) is 10.8. The second-order valence-electron chi connectivity index (χ2n) is 6.91. The van der Waals surface area contributed by atoms with Gasteiger partial charge in [-0.1, -0.05) is 17.7 Å². The average Bonchev–Trinajstić information content (AvgIpc) is 2.85. The van der Waals surface area contributed by atoms with Crippen molar-refractivity contribution in [2.75, 3.05) is 25.6 Å². The van der Waals surface area contributed by atoms with Gasteiger partial charge in [0, 0.05) is 16.3 Å². The number of halogens is 1. The predicted molar refractivity (Wildman–Crippen MR) is 131 cm³/mol. The third-order valence-corrected chi connectivity index (χ3v) is 4.72. The second-order valence-corrected chi connectivity index (χ2v) is 7.35. The fourth-order valence-electron chi connectivity index (χ4n) is 2.86. The minimum absolute atomic E-state index is 0.202. The standard InChI is InChI=1S/C25H24ClN3O5/c1-3-33-23-13-17(15-27-29-25(31)18-5-4-6-21(14-18)32-2)7-12-22(23)34-16-24(30)28-20-10-8-19(26)9-11-20/h4-15H,3,16H2,1-2H3,(H,28,30)(H,29,31)/b27-15+. The topological polar surface area (TPSA) is 98.2 Å². The highest BCUT2D eigenvalue weighted by atomic mass is 35.5. The number of ether oxygens (including phenoxy) is 3. The van der Waals surface area contributed by atoms with Crippen LogP contribution in [0.15, 0.2) is 71.8 Å². The maximum Gasteiger partial charge on any atom is 0.271 e. The van der Waals surface area contributed by atoms with E-state index in [2.05, 4.69) is 15.8 Å². The molecule has 2 amide bonds. The molecule has 0 atom stereocenters. The summed E-state index contributed by atoms with van der Waals surface area (Å²) >= 11 is 5.85. The summed E-state index contributed by atoms with van der Waals surface area (Å²) in [5.74, 6) is 0.744. The van der Waals surface area contributed by atoms with Crippen LogP contribution in [-0.2, 0) is 4.79 Å². The Morgan fingerprint density at radius 2 is 1.79 bits per heavy atom. The van der Waals surface area contributed by atoms with Gasteiger partial charge in [0.25, 0.3) is 11.8 Å². The molecule has 0 saturated heterocycles. The van der Waals surface area contributed by atoms with E-state index in [1.165, 1.54) is 13.3 Å². The van der Waals surface area contributed by atoms with Gasteiger partial charge in [0.15, 0.2) is 18.1 Å². The molecule has 34 heavy (non-hydrogen) atoms. The van der Waals surface area contributed by atoms with Gasteiger partial charge in [-0.05, 0) is 73.2 Å². The van der Waals surface area contributed by atoms with E-state index in [0.717, 1.165) is 0 Å². The molecule has 9 heteroatoms. The lowest BCUT2D eigenvalue weighted by Gasteiger charge is -2.12. The smallest absolute Gasteiger partial charge is 0.271 e. The molecule has 0 aromatic heterocycles. The van der Waals surface area contributed by atoms with Gasteiger partial charge in [-0.25, -0.2) is 5.43 Å². The van der Waals surface area contributed by atoms with Gasteiger partial charge in [0.2, 0.25) is 0 Å².